The summed E-state index contributed by atoms with van der Waals surface area (Å²) in [6.45, 7) is 12.3. The second kappa shape index (κ2) is 14.2. The van der Waals surface area contributed by atoms with Crippen LogP contribution in [-0.2, 0) is 6.42 Å². The molecule has 0 bridgehead atoms. The molecule has 1 aromatic carbocycles. The zero-order chi connectivity index (χ0) is 21.9. The molecule has 31 heavy (non-hydrogen) atoms. The van der Waals surface area contributed by atoms with Crippen molar-refractivity contribution in [2.75, 3.05) is 26.8 Å². The monoisotopic (exact) mass is 544 g/mol. The molecule has 1 unspecified atom stereocenters. The predicted molar refractivity (Wildman–Crippen MR) is 136 cm³/mol. The van der Waals surface area contributed by atoms with Gasteiger partial charge in [-0.25, -0.2) is 0 Å². The summed E-state index contributed by atoms with van der Waals surface area (Å²) >= 11 is 0. The van der Waals surface area contributed by atoms with Gasteiger partial charge in [0.2, 0.25) is 0 Å². The Hall–Kier alpha value is -1.97. The van der Waals surface area contributed by atoms with Crippen molar-refractivity contribution in [3.63, 3.8) is 0 Å². The number of hydrogen-bond donors (Lipinski definition) is 2. The number of aryl methyl sites for hydroxylation is 2. The van der Waals surface area contributed by atoms with Gasteiger partial charge in [0.15, 0.2) is 17.5 Å². The van der Waals surface area contributed by atoms with Gasteiger partial charge in [-0.3, -0.25) is 4.99 Å². The molecule has 0 aliphatic carbocycles. The summed E-state index contributed by atoms with van der Waals surface area (Å²) in [5, 5.41) is 10.8. The van der Waals surface area contributed by atoms with Gasteiger partial charge in [-0.2, -0.15) is 0 Å². The third kappa shape index (κ3) is 8.23. The average Bonchev–Trinajstić information content (AvgIpc) is 3.07. The first-order chi connectivity index (χ1) is 14.5. The molecule has 2 N–H and O–H groups in total. The van der Waals surface area contributed by atoms with E-state index in [1.54, 1.807) is 7.05 Å². The lowest BCUT2D eigenvalue weighted by molar-refractivity contribution is 0.268. The van der Waals surface area contributed by atoms with Crippen LogP contribution in [0.3, 0.4) is 0 Å². The lowest BCUT2D eigenvalue weighted by Gasteiger charge is -2.20. The number of nitrogens with one attached hydrogen (secondary N) is 2. The summed E-state index contributed by atoms with van der Waals surface area (Å²) in [7, 11) is 1.77. The van der Waals surface area contributed by atoms with E-state index >= 15 is 0 Å². The first kappa shape index (κ1) is 27.1. The number of aromatic nitrogens is 1. The highest BCUT2D eigenvalue weighted by molar-refractivity contribution is 14.0. The summed E-state index contributed by atoms with van der Waals surface area (Å²) in [6, 6.07) is 6.16. The molecule has 0 amide bonds. The van der Waals surface area contributed by atoms with Gasteiger partial charge < -0.3 is 24.6 Å². The van der Waals surface area contributed by atoms with E-state index in [0.29, 0.717) is 13.2 Å². The van der Waals surface area contributed by atoms with Crippen LogP contribution in [0.1, 0.15) is 62.2 Å². The van der Waals surface area contributed by atoms with Crippen molar-refractivity contribution in [1.82, 2.24) is 15.8 Å². The van der Waals surface area contributed by atoms with Gasteiger partial charge in [0, 0.05) is 19.2 Å². The summed E-state index contributed by atoms with van der Waals surface area (Å²) < 4.78 is 17.0. The van der Waals surface area contributed by atoms with Crippen LogP contribution in [-0.4, -0.2) is 37.9 Å². The van der Waals surface area contributed by atoms with Crippen molar-refractivity contribution in [2.24, 2.45) is 4.99 Å². The SMILES string of the molecule is CCCOc1ccc(C(C)NC(=NC)NCCc2c(C)noc2C)cc1OCCC.I. The molecule has 0 aliphatic rings. The van der Waals surface area contributed by atoms with Crippen LogP contribution in [0.5, 0.6) is 11.5 Å². The van der Waals surface area contributed by atoms with Crippen LogP contribution in [0.4, 0.5) is 0 Å². The molecule has 0 saturated heterocycles. The van der Waals surface area contributed by atoms with Crippen LogP contribution in [0.25, 0.3) is 0 Å². The molecule has 0 aliphatic heterocycles. The van der Waals surface area contributed by atoms with Gasteiger partial charge >= 0.3 is 0 Å². The predicted octanol–water partition coefficient (Wildman–Crippen LogP) is 4.96. The van der Waals surface area contributed by atoms with Crippen molar-refractivity contribution in [2.45, 2.75) is 59.9 Å². The van der Waals surface area contributed by atoms with Crippen LogP contribution in [0.2, 0.25) is 0 Å². The molecule has 2 aromatic rings. The highest BCUT2D eigenvalue weighted by atomic mass is 127. The molecule has 7 nitrogen and oxygen atoms in total. The summed E-state index contributed by atoms with van der Waals surface area (Å²) in [5.74, 6) is 3.20. The van der Waals surface area contributed by atoms with E-state index in [2.05, 4.69) is 53.7 Å². The molecule has 8 heteroatoms. The minimum atomic E-state index is 0. The van der Waals surface area contributed by atoms with Gasteiger partial charge in [-0.15, -0.1) is 24.0 Å². The van der Waals surface area contributed by atoms with Gasteiger partial charge in [-0.1, -0.05) is 25.1 Å². The Morgan fingerprint density at radius 2 is 1.81 bits per heavy atom. The van der Waals surface area contributed by atoms with Crippen LogP contribution in [0.15, 0.2) is 27.7 Å². The quantitative estimate of drug-likeness (QED) is 0.237. The number of nitrogens with zero attached hydrogens (tertiary/aromatic N) is 2. The minimum absolute atomic E-state index is 0. The minimum Gasteiger partial charge on any atom is -0.490 e. The van der Waals surface area contributed by atoms with Crippen molar-refractivity contribution < 1.29 is 14.0 Å². The maximum absolute atomic E-state index is 5.92. The molecule has 0 spiro atoms. The number of halogens is 1. The topological polar surface area (TPSA) is 80.9 Å². The van der Waals surface area contributed by atoms with E-state index < -0.39 is 0 Å². The Morgan fingerprint density at radius 1 is 1.13 bits per heavy atom. The van der Waals surface area contributed by atoms with E-state index in [-0.39, 0.29) is 30.0 Å². The second-order valence-corrected chi connectivity index (χ2v) is 7.32. The van der Waals surface area contributed by atoms with E-state index in [9.17, 15) is 0 Å². The number of hydrogen-bond acceptors (Lipinski definition) is 5. The largest absolute Gasteiger partial charge is 0.490 e. The van der Waals surface area contributed by atoms with Gasteiger partial charge in [0.05, 0.1) is 24.9 Å². The zero-order valence-electron chi connectivity index (χ0n) is 19.6. The molecule has 0 fully saturated rings. The Morgan fingerprint density at radius 3 is 2.39 bits per heavy atom. The van der Waals surface area contributed by atoms with Crippen LogP contribution >= 0.6 is 24.0 Å². The highest BCUT2D eigenvalue weighted by Gasteiger charge is 2.13. The number of aliphatic imine (C=N–C) groups is 1. The lowest BCUT2D eigenvalue weighted by atomic mass is 10.1. The Kier molecular flexibility index (Phi) is 12.4. The Bertz CT molecular complexity index is 804. The fourth-order valence-corrected chi connectivity index (χ4v) is 3.10. The van der Waals surface area contributed by atoms with E-state index in [4.69, 9.17) is 14.0 Å². The van der Waals surface area contributed by atoms with Crippen molar-refractivity contribution >= 4 is 29.9 Å². The van der Waals surface area contributed by atoms with Gasteiger partial charge in [0.1, 0.15) is 5.76 Å². The maximum atomic E-state index is 5.92. The molecular formula is C23H37IN4O3. The first-order valence-electron chi connectivity index (χ1n) is 10.8. The molecule has 0 radical (unpaired) electrons. The number of rotatable bonds is 11. The molecule has 1 heterocycles. The van der Waals surface area contributed by atoms with Crippen molar-refractivity contribution in [3.05, 3.63) is 40.8 Å². The van der Waals surface area contributed by atoms with E-state index in [1.807, 2.05) is 19.9 Å². The number of guanidine groups is 1. The zero-order valence-corrected chi connectivity index (χ0v) is 21.9. The normalized spacial score (nSPS) is 12.1. The molecule has 1 atom stereocenters. The third-order valence-electron chi connectivity index (χ3n) is 4.82. The Balaban J connectivity index is 0.00000480. The molecule has 174 valence electrons. The van der Waals surface area contributed by atoms with Crippen molar-refractivity contribution in [3.8, 4) is 11.5 Å². The van der Waals surface area contributed by atoms with Gasteiger partial charge in [-0.05, 0) is 57.7 Å². The molecule has 2 rings (SSSR count). The third-order valence-corrected chi connectivity index (χ3v) is 4.82. The summed E-state index contributed by atoms with van der Waals surface area (Å²) in [5.41, 5.74) is 3.20. The fraction of sp³-hybridized carbons (Fsp3) is 0.565. The summed E-state index contributed by atoms with van der Waals surface area (Å²) in [4.78, 5) is 4.35. The van der Waals surface area contributed by atoms with Gasteiger partial charge in [0.25, 0.3) is 0 Å². The lowest BCUT2D eigenvalue weighted by Crippen LogP contribution is -2.39. The smallest absolute Gasteiger partial charge is 0.191 e. The highest BCUT2D eigenvalue weighted by Crippen LogP contribution is 2.31. The van der Waals surface area contributed by atoms with E-state index in [1.165, 1.54) is 0 Å². The van der Waals surface area contributed by atoms with Crippen LogP contribution < -0.4 is 20.1 Å². The fourth-order valence-electron chi connectivity index (χ4n) is 3.10. The average molecular weight is 544 g/mol. The molecule has 0 saturated carbocycles. The molecule has 1 aromatic heterocycles. The standard InChI is InChI=1S/C23H36N4O3.HI/c1-7-13-28-21-10-9-19(15-22(21)29-14-8-2)16(3)26-23(24-6)25-12-11-20-17(4)27-30-18(20)5;/h9-10,15-16H,7-8,11-14H2,1-6H3,(H2,24,25,26);1H. The Labute approximate surface area is 203 Å². The molecular weight excluding hydrogens is 507 g/mol. The first-order valence-corrected chi connectivity index (χ1v) is 10.8. The second-order valence-electron chi connectivity index (χ2n) is 7.32. The van der Waals surface area contributed by atoms with E-state index in [0.717, 1.165) is 65.8 Å². The number of benzene rings is 1. The summed E-state index contributed by atoms with van der Waals surface area (Å²) in [6.07, 6.45) is 2.74. The van der Waals surface area contributed by atoms with Crippen molar-refractivity contribution in [1.29, 1.82) is 0 Å². The number of ether oxygens (including phenoxy) is 2. The maximum Gasteiger partial charge on any atom is 0.191 e. The van der Waals surface area contributed by atoms with Crippen LogP contribution in [0, 0.1) is 13.8 Å².